The van der Waals surface area contributed by atoms with Crippen LogP contribution in [0, 0.1) is 13.8 Å². The van der Waals surface area contributed by atoms with Gasteiger partial charge in [0.05, 0.1) is 4.90 Å². The fraction of sp³-hybridized carbons (Fsp3) is 0.294. The Labute approximate surface area is 130 Å². The highest BCUT2D eigenvalue weighted by Crippen LogP contribution is 2.36. The van der Waals surface area contributed by atoms with E-state index in [1.54, 1.807) is 12.1 Å². The summed E-state index contributed by atoms with van der Waals surface area (Å²) in [4.78, 5) is 1.18. The molecule has 0 N–H and O–H groups in total. The maximum Gasteiger partial charge on any atom is 0.234 e. The highest BCUT2D eigenvalue weighted by molar-refractivity contribution is 8.72. The predicted octanol–water partition coefficient (Wildman–Crippen LogP) is 4.91. The summed E-state index contributed by atoms with van der Waals surface area (Å²) in [5, 5.41) is 0. The first-order valence-electron chi connectivity index (χ1n) is 6.91. The van der Waals surface area contributed by atoms with E-state index in [2.05, 4.69) is 13.8 Å². The van der Waals surface area contributed by atoms with Crippen molar-refractivity contribution >= 4 is 19.7 Å². The van der Waals surface area contributed by atoms with Crippen molar-refractivity contribution in [3.05, 3.63) is 59.2 Å². The van der Waals surface area contributed by atoms with Crippen LogP contribution < -0.4 is 0 Å². The molecule has 0 bridgehead atoms. The maximum absolute atomic E-state index is 12.6. The molecular weight excluding hydrogens is 300 g/mol. The second-order valence-electron chi connectivity index (χ2n) is 5.55. The van der Waals surface area contributed by atoms with Gasteiger partial charge < -0.3 is 0 Å². The lowest BCUT2D eigenvalue weighted by Crippen LogP contribution is -1.98. The Morgan fingerprint density at radius 1 is 0.905 bits per heavy atom. The number of aryl methyl sites for hydroxylation is 2. The molecule has 0 amide bonds. The lowest BCUT2D eigenvalue weighted by molar-refractivity contribution is 0.610. The summed E-state index contributed by atoms with van der Waals surface area (Å²) in [5.74, 6) is 0.293. The summed E-state index contributed by atoms with van der Waals surface area (Å²) in [7, 11) is -2.44. The van der Waals surface area contributed by atoms with Gasteiger partial charge in [-0.25, -0.2) is 8.42 Å². The van der Waals surface area contributed by atoms with Crippen LogP contribution in [0.1, 0.15) is 36.5 Å². The molecule has 0 unspecified atom stereocenters. The van der Waals surface area contributed by atoms with Crippen LogP contribution in [0.25, 0.3) is 0 Å². The molecule has 2 aromatic carbocycles. The average molecular weight is 320 g/mol. The van der Waals surface area contributed by atoms with Gasteiger partial charge >= 0.3 is 0 Å². The Kier molecular flexibility index (Phi) is 4.79. The number of hydrogen-bond acceptors (Lipinski definition) is 3. The third-order valence-electron chi connectivity index (χ3n) is 3.30. The number of benzene rings is 2. The van der Waals surface area contributed by atoms with E-state index in [9.17, 15) is 8.42 Å². The fourth-order valence-corrected chi connectivity index (χ4v) is 5.26. The van der Waals surface area contributed by atoms with Crippen molar-refractivity contribution < 1.29 is 8.42 Å². The van der Waals surface area contributed by atoms with Crippen LogP contribution >= 0.6 is 10.8 Å². The van der Waals surface area contributed by atoms with Crippen LogP contribution in [0.3, 0.4) is 0 Å². The third kappa shape index (κ3) is 3.89. The molecule has 2 aromatic rings. The number of rotatable bonds is 4. The second kappa shape index (κ2) is 6.24. The Morgan fingerprint density at radius 3 is 2.05 bits per heavy atom. The number of hydrogen-bond donors (Lipinski definition) is 0. The van der Waals surface area contributed by atoms with Gasteiger partial charge in [-0.3, -0.25) is 0 Å². The first-order chi connectivity index (χ1) is 9.79. The molecule has 0 saturated carbocycles. The molecule has 0 aromatic heterocycles. The van der Waals surface area contributed by atoms with Crippen molar-refractivity contribution in [2.24, 2.45) is 0 Å². The largest absolute Gasteiger partial charge is 0.234 e. The van der Waals surface area contributed by atoms with Crippen molar-refractivity contribution in [2.75, 3.05) is 0 Å². The fourth-order valence-electron chi connectivity index (χ4n) is 2.06. The van der Waals surface area contributed by atoms with E-state index in [1.165, 1.54) is 0 Å². The highest BCUT2D eigenvalue weighted by Gasteiger charge is 2.19. The van der Waals surface area contributed by atoms with Crippen molar-refractivity contribution in [1.29, 1.82) is 0 Å². The molecule has 0 spiro atoms. The molecule has 0 aliphatic rings. The quantitative estimate of drug-likeness (QED) is 0.751. The smallest absolute Gasteiger partial charge is 0.212 e. The van der Waals surface area contributed by atoms with E-state index in [-0.39, 0.29) is 0 Å². The van der Waals surface area contributed by atoms with E-state index in [4.69, 9.17) is 0 Å². The van der Waals surface area contributed by atoms with Crippen LogP contribution in [-0.2, 0) is 8.87 Å². The molecule has 112 valence electrons. The molecule has 0 aliphatic heterocycles. The topological polar surface area (TPSA) is 34.1 Å². The lowest BCUT2D eigenvalue weighted by atomic mass is 10.0. The molecule has 0 saturated heterocycles. The molecule has 4 heteroatoms. The maximum atomic E-state index is 12.6. The monoisotopic (exact) mass is 320 g/mol. The predicted molar refractivity (Wildman–Crippen MR) is 89.5 cm³/mol. The first-order valence-corrected chi connectivity index (χ1v) is 9.73. The van der Waals surface area contributed by atoms with Crippen LogP contribution in [0.4, 0.5) is 0 Å². The summed E-state index contributed by atoms with van der Waals surface area (Å²) in [5.41, 5.74) is 3.19. The summed E-state index contributed by atoms with van der Waals surface area (Å²) >= 11 is 0. The van der Waals surface area contributed by atoms with Gasteiger partial charge in [0.2, 0.25) is 8.87 Å². The zero-order valence-electron chi connectivity index (χ0n) is 12.8. The van der Waals surface area contributed by atoms with Crippen molar-refractivity contribution in [2.45, 2.75) is 43.4 Å². The molecule has 0 heterocycles. The standard InChI is InChI=1S/C17H20O2S2/c1-12(2)16-10-7-14(4)11-17(16)20-21(18,19)15-8-5-13(3)6-9-15/h5-12H,1-4H3. The van der Waals surface area contributed by atoms with Crippen molar-refractivity contribution in [1.82, 2.24) is 0 Å². The van der Waals surface area contributed by atoms with E-state index < -0.39 is 8.87 Å². The van der Waals surface area contributed by atoms with Gasteiger partial charge in [0.15, 0.2) is 0 Å². The van der Waals surface area contributed by atoms with Crippen LogP contribution in [0.5, 0.6) is 0 Å². The van der Waals surface area contributed by atoms with Gasteiger partial charge in [0, 0.05) is 15.7 Å². The molecular formula is C17H20O2S2. The van der Waals surface area contributed by atoms with E-state index >= 15 is 0 Å². The SMILES string of the molecule is Cc1ccc(S(=O)(=O)Sc2cc(C)ccc2C(C)C)cc1. The summed E-state index contributed by atoms with van der Waals surface area (Å²) in [6.07, 6.45) is 0. The molecule has 0 atom stereocenters. The van der Waals surface area contributed by atoms with Gasteiger partial charge in [-0.2, -0.15) is 0 Å². The van der Waals surface area contributed by atoms with Crippen molar-refractivity contribution in [3.8, 4) is 0 Å². The summed E-state index contributed by atoms with van der Waals surface area (Å²) < 4.78 is 25.1. The molecule has 0 aliphatic carbocycles. The Balaban J connectivity index is 2.41. The second-order valence-corrected chi connectivity index (χ2v) is 9.35. The Hall–Kier alpha value is -1.26. The highest BCUT2D eigenvalue weighted by atomic mass is 33.1. The van der Waals surface area contributed by atoms with E-state index in [1.807, 2.05) is 44.2 Å². The molecule has 2 rings (SSSR count). The average Bonchev–Trinajstić information content (AvgIpc) is 2.38. The van der Waals surface area contributed by atoms with Crippen molar-refractivity contribution in [3.63, 3.8) is 0 Å². The van der Waals surface area contributed by atoms with Gasteiger partial charge in [-0.1, -0.05) is 43.7 Å². The normalized spacial score (nSPS) is 11.9. The molecule has 2 nitrogen and oxygen atoms in total. The first kappa shape index (κ1) is 16.1. The zero-order valence-corrected chi connectivity index (χ0v) is 14.4. The van der Waals surface area contributed by atoms with Crippen LogP contribution in [-0.4, -0.2) is 8.42 Å². The van der Waals surface area contributed by atoms with Gasteiger partial charge in [0.25, 0.3) is 0 Å². The minimum absolute atomic E-state index is 0.293. The van der Waals surface area contributed by atoms with E-state index in [0.717, 1.165) is 32.4 Å². The Morgan fingerprint density at radius 2 is 1.48 bits per heavy atom. The summed E-state index contributed by atoms with van der Waals surface area (Å²) in [6.45, 7) is 8.08. The van der Waals surface area contributed by atoms with Crippen LogP contribution in [0.15, 0.2) is 52.3 Å². The minimum atomic E-state index is -3.39. The third-order valence-corrected chi connectivity index (χ3v) is 6.68. The molecule has 0 fully saturated rings. The summed E-state index contributed by atoms with van der Waals surface area (Å²) in [6, 6.07) is 13.0. The molecule has 21 heavy (non-hydrogen) atoms. The lowest BCUT2D eigenvalue weighted by Gasteiger charge is -2.13. The Bertz CT molecular complexity index is 730. The van der Waals surface area contributed by atoms with Gasteiger partial charge in [-0.15, -0.1) is 0 Å². The van der Waals surface area contributed by atoms with E-state index in [0.29, 0.717) is 10.8 Å². The van der Waals surface area contributed by atoms with Gasteiger partial charge in [-0.05, 0) is 49.1 Å². The van der Waals surface area contributed by atoms with Crippen LogP contribution in [0.2, 0.25) is 0 Å². The van der Waals surface area contributed by atoms with Gasteiger partial charge in [0.1, 0.15) is 0 Å². The minimum Gasteiger partial charge on any atom is -0.212 e. The zero-order chi connectivity index (χ0) is 15.6. The molecule has 0 radical (unpaired) electrons.